The van der Waals surface area contributed by atoms with Crippen LogP contribution in [0, 0.1) is 6.92 Å². The summed E-state index contributed by atoms with van der Waals surface area (Å²) < 4.78 is 12.5. The fourth-order valence-electron chi connectivity index (χ4n) is 4.86. The Morgan fingerprint density at radius 2 is 0.939 bits per heavy atom. The lowest BCUT2D eigenvalue weighted by atomic mass is 10.0. The van der Waals surface area contributed by atoms with E-state index in [1.54, 1.807) is 0 Å². The Bertz CT molecular complexity index is 1820. The highest BCUT2D eigenvalue weighted by molar-refractivity contribution is 6.15. The molecule has 7 aromatic rings. The molecule has 0 radical (unpaired) electrons. The van der Waals surface area contributed by atoms with Gasteiger partial charge in [-0.15, -0.1) is 0 Å². The second-order valence-corrected chi connectivity index (χ2v) is 8.71. The van der Waals surface area contributed by atoms with E-state index in [1.807, 2.05) is 12.1 Å². The van der Waals surface area contributed by atoms with Gasteiger partial charge in [0.25, 0.3) is 0 Å². The molecule has 0 aliphatic rings. The molecule has 0 unspecified atom stereocenters. The molecule has 0 atom stereocenters. The highest BCUT2D eigenvalue weighted by atomic mass is 16.3. The summed E-state index contributed by atoms with van der Waals surface area (Å²) in [7, 11) is 0. The van der Waals surface area contributed by atoms with E-state index in [4.69, 9.17) is 8.83 Å². The molecule has 2 aromatic heterocycles. The van der Waals surface area contributed by atoms with Crippen molar-refractivity contribution in [2.45, 2.75) is 6.92 Å². The van der Waals surface area contributed by atoms with Crippen molar-refractivity contribution in [2.75, 3.05) is 0 Å². The van der Waals surface area contributed by atoms with Gasteiger partial charge in [-0.3, -0.25) is 0 Å². The molecule has 0 saturated heterocycles. The number of hydrogen-bond acceptors (Lipinski definition) is 2. The minimum absolute atomic E-state index is 0.848. The molecule has 0 bridgehead atoms. The van der Waals surface area contributed by atoms with Crippen LogP contribution in [0.3, 0.4) is 0 Å². The third-order valence-electron chi connectivity index (χ3n) is 6.52. The van der Waals surface area contributed by atoms with Gasteiger partial charge in [0.15, 0.2) is 0 Å². The molecular formula is C31H20O2. The standard InChI is InChI=1S/C31H20O2/c1-19-6-5-9-21(14-19)23-11-13-25-27-17-26-24-12-10-22(20-7-3-2-4-8-20)15-28(24)32-30(26)18-31(27)33-29(25)16-23/h2-18H,1H3. The van der Waals surface area contributed by atoms with Crippen molar-refractivity contribution in [3.05, 3.63) is 109 Å². The van der Waals surface area contributed by atoms with Gasteiger partial charge < -0.3 is 8.83 Å². The molecule has 7 rings (SSSR count). The summed E-state index contributed by atoms with van der Waals surface area (Å²) in [5, 5.41) is 4.47. The van der Waals surface area contributed by atoms with Crippen LogP contribution in [-0.4, -0.2) is 0 Å². The van der Waals surface area contributed by atoms with Crippen LogP contribution in [0.4, 0.5) is 0 Å². The van der Waals surface area contributed by atoms with Crippen LogP contribution in [-0.2, 0) is 0 Å². The van der Waals surface area contributed by atoms with Crippen LogP contribution in [0.15, 0.2) is 112 Å². The maximum atomic E-state index is 6.28. The molecule has 0 amide bonds. The monoisotopic (exact) mass is 424 g/mol. The van der Waals surface area contributed by atoms with Gasteiger partial charge in [-0.25, -0.2) is 0 Å². The summed E-state index contributed by atoms with van der Waals surface area (Å²) in [5.41, 5.74) is 9.43. The fraction of sp³-hybridized carbons (Fsp3) is 0.0323. The summed E-state index contributed by atoms with van der Waals surface area (Å²) in [6, 6.07) is 36.1. The molecule has 33 heavy (non-hydrogen) atoms. The van der Waals surface area contributed by atoms with Gasteiger partial charge in [-0.1, -0.05) is 72.3 Å². The lowest BCUT2D eigenvalue weighted by Crippen LogP contribution is -1.79. The van der Waals surface area contributed by atoms with Crippen molar-refractivity contribution in [3.8, 4) is 22.3 Å². The summed E-state index contributed by atoms with van der Waals surface area (Å²) in [6.07, 6.45) is 0. The van der Waals surface area contributed by atoms with E-state index >= 15 is 0 Å². The number of hydrogen-bond donors (Lipinski definition) is 0. The fourth-order valence-corrected chi connectivity index (χ4v) is 4.86. The first-order valence-corrected chi connectivity index (χ1v) is 11.2. The Labute approximate surface area is 190 Å². The van der Waals surface area contributed by atoms with E-state index in [-0.39, 0.29) is 0 Å². The summed E-state index contributed by atoms with van der Waals surface area (Å²) in [5.74, 6) is 0. The van der Waals surface area contributed by atoms with E-state index in [1.165, 1.54) is 16.7 Å². The molecule has 0 spiro atoms. The topological polar surface area (TPSA) is 26.3 Å². The molecule has 2 heterocycles. The van der Waals surface area contributed by atoms with Crippen LogP contribution in [0.5, 0.6) is 0 Å². The first-order valence-electron chi connectivity index (χ1n) is 11.2. The zero-order valence-corrected chi connectivity index (χ0v) is 18.1. The van der Waals surface area contributed by atoms with E-state index < -0.39 is 0 Å². The normalized spacial score (nSPS) is 11.8. The van der Waals surface area contributed by atoms with Crippen molar-refractivity contribution in [1.82, 2.24) is 0 Å². The minimum Gasteiger partial charge on any atom is -0.456 e. The number of aryl methyl sites for hydroxylation is 1. The van der Waals surface area contributed by atoms with Gasteiger partial charge in [-0.05, 0) is 59.5 Å². The van der Waals surface area contributed by atoms with Crippen LogP contribution < -0.4 is 0 Å². The zero-order valence-electron chi connectivity index (χ0n) is 18.1. The highest BCUT2D eigenvalue weighted by Crippen LogP contribution is 2.38. The number of rotatable bonds is 2. The second-order valence-electron chi connectivity index (χ2n) is 8.71. The van der Waals surface area contributed by atoms with Crippen molar-refractivity contribution in [3.63, 3.8) is 0 Å². The molecule has 0 aliphatic heterocycles. The Morgan fingerprint density at radius 1 is 0.394 bits per heavy atom. The largest absolute Gasteiger partial charge is 0.456 e. The molecule has 0 fully saturated rings. The predicted octanol–water partition coefficient (Wildman–Crippen LogP) is 9.13. The number of furan rings is 2. The second kappa shape index (κ2) is 6.85. The van der Waals surface area contributed by atoms with Crippen molar-refractivity contribution < 1.29 is 8.83 Å². The van der Waals surface area contributed by atoms with Gasteiger partial charge in [0, 0.05) is 27.6 Å². The molecule has 0 aliphatic carbocycles. The van der Waals surface area contributed by atoms with Gasteiger partial charge in [0.1, 0.15) is 22.3 Å². The van der Waals surface area contributed by atoms with E-state index in [0.29, 0.717) is 0 Å². The van der Waals surface area contributed by atoms with Gasteiger partial charge >= 0.3 is 0 Å². The molecule has 0 saturated carbocycles. The minimum atomic E-state index is 0.848. The smallest absolute Gasteiger partial charge is 0.139 e. The molecule has 156 valence electrons. The predicted molar refractivity (Wildman–Crippen MR) is 137 cm³/mol. The maximum absolute atomic E-state index is 6.28. The average Bonchev–Trinajstić information content (AvgIpc) is 3.39. The third-order valence-corrected chi connectivity index (χ3v) is 6.52. The van der Waals surface area contributed by atoms with E-state index in [2.05, 4.69) is 97.9 Å². The summed E-state index contributed by atoms with van der Waals surface area (Å²) >= 11 is 0. The maximum Gasteiger partial charge on any atom is 0.139 e. The van der Waals surface area contributed by atoms with Crippen LogP contribution in [0.1, 0.15) is 5.56 Å². The third kappa shape index (κ3) is 2.88. The summed E-state index contributed by atoms with van der Waals surface area (Å²) in [6.45, 7) is 2.12. The van der Waals surface area contributed by atoms with Crippen LogP contribution >= 0.6 is 0 Å². The van der Waals surface area contributed by atoms with E-state index in [9.17, 15) is 0 Å². The van der Waals surface area contributed by atoms with Gasteiger partial charge in [0.05, 0.1) is 0 Å². The average molecular weight is 424 g/mol. The van der Waals surface area contributed by atoms with Gasteiger partial charge in [0.2, 0.25) is 0 Å². The van der Waals surface area contributed by atoms with Gasteiger partial charge in [-0.2, -0.15) is 0 Å². The zero-order chi connectivity index (χ0) is 21.9. The van der Waals surface area contributed by atoms with Crippen molar-refractivity contribution >= 4 is 43.9 Å². The number of benzene rings is 5. The molecule has 2 heteroatoms. The van der Waals surface area contributed by atoms with Crippen LogP contribution in [0.25, 0.3) is 66.1 Å². The first kappa shape index (κ1) is 18.3. The van der Waals surface area contributed by atoms with E-state index in [0.717, 1.165) is 55.0 Å². The molecule has 5 aromatic carbocycles. The lowest BCUT2D eigenvalue weighted by Gasteiger charge is -2.02. The Kier molecular flexibility index (Phi) is 3.80. The Balaban J connectivity index is 1.40. The Morgan fingerprint density at radius 3 is 1.58 bits per heavy atom. The lowest BCUT2D eigenvalue weighted by molar-refractivity contribution is 0.656. The molecule has 0 N–H and O–H groups in total. The van der Waals surface area contributed by atoms with Crippen LogP contribution in [0.2, 0.25) is 0 Å². The van der Waals surface area contributed by atoms with Crippen molar-refractivity contribution in [1.29, 1.82) is 0 Å². The summed E-state index contributed by atoms with van der Waals surface area (Å²) in [4.78, 5) is 0. The van der Waals surface area contributed by atoms with Crippen molar-refractivity contribution in [2.24, 2.45) is 0 Å². The highest BCUT2D eigenvalue weighted by Gasteiger charge is 2.14. The SMILES string of the molecule is Cc1cccc(-c2ccc3c(c2)oc2cc4oc5cc(-c6ccccc6)ccc5c4cc23)c1. The molecule has 2 nitrogen and oxygen atoms in total. The Hall–Kier alpha value is -4.30. The quantitative estimate of drug-likeness (QED) is 0.276. The molecular weight excluding hydrogens is 404 g/mol. The first-order chi connectivity index (χ1) is 16.2. The number of fused-ring (bicyclic) bond motifs is 6.